The Morgan fingerprint density at radius 2 is 1.59 bits per heavy atom. The molecular weight excluding hydrogens is 406 g/mol. The number of nitrogens with one attached hydrogen (secondary N) is 2. The minimum absolute atomic E-state index is 0.224. The lowest BCUT2D eigenvalue weighted by atomic mass is 9.92. The van der Waals surface area contributed by atoms with Gasteiger partial charge >= 0.3 is 0 Å². The molecule has 2 aliphatic heterocycles. The second-order valence-corrected chi connectivity index (χ2v) is 7.42. The number of hydrogen-bond donors (Lipinski definition) is 2. The van der Waals surface area contributed by atoms with Crippen LogP contribution in [0.25, 0.3) is 0 Å². The second-order valence-electron chi connectivity index (χ2n) is 6.50. The molecule has 0 fully saturated rings. The van der Waals surface area contributed by atoms with E-state index >= 15 is 0 Å². The van der Waals surface area contributed by atoms with Crippen LogP contribution in [-0.2, 0) is 10.5 Å². The van der Waals surface area contributed by atoms with E-state index in [0.29, 0.717) is 28.2 Å². The van der Waals surface area contributed by atoms with E-state index in [4.69, 9.17) is 0 Å². The van der Waals surface area contributed by atoms with Crippen molar-refractivity contribution in [1.29, 1.82) is 0 Å². The summed E-state index contributed by atoms with van der Waals surface area (Å²) in [5.41, 5.74) is 1.84. The van der Waals surface area contributed by atoms with Crippen molar-refractivity contribution in [3.05, 3.63) is 88.4 Å². The number of para-hydroxylation sites is 2. The van der Waals surface area contributed by atoms with Crippen molar-refractivity contribution in [3.8, 4) is 0 Å². The third-order valence-electron chi connectivity index (χ3n) is 4.97. The van der Waals surface area contributed by atoms with Crippen molar-refractivity contribution >= 4 is 44.8 Å². The number of benzene rings is 3. The predicted molar refractivity (Wildman–Crippen MR) is 108 cm³/mol. The summed E-state index contributed by atoms with van der Waals surface area (Å²) >= 11 is 3.49. The van der Waals surface area contributed by atoms with Gasteiger partial charge in [-0.25, -0.2) is 0 Å². The lowest BCUT2D eigenvalue weighted by Gasteiger charge is -2.44. The first kappa shape index (κ1) is 16.1. The number of carbonyl (C=O) groups is 2. The highest BCUT2D eigenvalue weighted by Crippen LogP contribution is 2.47. The summed E-state index contributed by atoms with van der Waals surface area (Å²) in [6, 6.07) is 22.1. The second kappa shape index (κ2) is 5.69. The third kappa shape index (κ3) is 2.16. The van der Waals surface area contributed by atoms with Crippen LogP contribution in [-0.4, -0.2) is 11.8 Å². The number of nitrogens with zero attached hydrogens (tertiary/aromatic N) is 1. The average molecular weight is 420 g/mol. The first-order chi connectivity index (χ1) is 13.1. The number of carbonyl (C=O) groups excluding carboxylic acids is 2. The molecule has 0 aromatic heterocycles. The number of fused-ring (bicyclic) bond motifs is 3. The van der Waals surface area contributed by atoms with Gasteiger partial charge in [0.2, 0.25) is 5.66 Å². The van der Waals surface area contributed by atoms with Crippen molar-refractivity contribution in [2.75, 3.05) is 15.5 Å². The van der Waals surface area contributed by atoms with Crippen molar-refractivity contribution in [3.63, 3.8) is 0 Å². The Morgan fingerprint density at radius 1 is 0.852 bits per heavy atom. The van der Waals surface area contributed by atoms with E-state index in [2.05, 4.69) is 26.6 Å². The van der Waals surface area contributed by atoms with Gasteiger partial charge in [0.05, 0.1) is 5.56 Å². The minimum Gasteiger partial charge on any atom is -0.350 e. The van der Waals surface area contributed by atoms with Gasteiger partial charge in [-0.15, -0.1) is 0 Å². The summed E-state index contributed by atoms with van der Waals surface area (Å²) in [6.45, 7) is 0. The molecule has 1 atom stereocenters. The van der Waals surface area contributed by atoms with Crippen LogP contribution in [0.3, 0.4) is 0 Å². The summed E-state index contributed by atoms with van der Waals surface area (Å²) in [5.74, 6) is -0.513. The molecule has 3 aromatic rings. The summed E-state index contributed by atoms with van der Waals surface area (Å²) in [5, 5.41) is 6.28. The van der Waals surface area contributed by atoms with Gasteiger partial charge in [0.15, 0.2) is 0 Å². The first-order valence-electron chi connectivity index (χ1n) is 8.49. The molecule has 0 aliphatic carbocycles. The zero-order valence-electron chi connectivity index (χ0n) is 14.1. The Morgan fingerprint density at radius 3 is 2.41 bits per heavy atom. The van der Waals surface area contributed by atoms with Crippen LogP contribution in [0.4, 0.5) is 17.1 Å². The summed E-state index contributed by atoms with van der Waals surface area (Å²) in [6.07, 6.45) is 0. The van der Waals surface area contributed by atoms with E-state index in [9.17, 15) is 9.59 Å². The summed E-state index contributed by atoms with van der Waals surface area (Å²) < 4.78 is 0.832. The Hall–Kier alpha value is -3.12. The molecule has 0 unspecified atom stereocenters. The number of anilines is 3. The van der Waals surface area contributed by atoms with Crippen molar-refractivity contribution < 1.29 is 9.59 Å². The quantitative estimate of drug-likeness (QED) is 0.616. The normalized spacial score (nSPS) is 20.1. The molecule has 3 aromatic carbocycles. The lowest BCUT2D eigenvalue weighted by Crippen LogP contribution is -2.61. The minimum atomic E-state index is -1.36. The van der Waals surface area contributed by atoms with E-state index in [1.807, 2.05) is 66.7 Å². The predicted octanol–water partition coefficient (Wildman–Crippen LogP) is 4.33. The molecule has 0 saturated carbocycles. The zero-order chi connectivity index (χ0) is 18.6. The van der Waals surface area contributed by atoms with Gasteiger partial charge in [-0.3, -0.25) is 14.5 Å². The molecule has 5 rings (SSSR count). The van der Waals surface area contributed by atoms with Crippen LogP contribution in [0, 0.1) is 0 Å². The van der Waals surface area contributed by atoms with Crippen LogP contribution < -0.4 is 15.5 Å². The molecule has 0 radical (unpaired) electrons. The van der Waals surface area contributed by atoms with Gasteiger partial charge in [0.25, 0.3) is 11.8 Å². The van der Waals surface area contributed by atoms with Gasteiger partial charge in [-0.1, -0.05) is 46.3 Å². The molecule has 0 saturated heterocycles. The van der Waals surface area contributed by atoms with E-state index in [0.717, 1.165) is 4.47 Å². The monoisotopic (exact) mass is 419 g/mol. The SMILES string of the molecule is O=C1c2ccccc2N[C@]2(C(=O)Nc3ccc(Br)cc32)N1c1ccccc1. The average Bonchev–Trinajstić information content (AvgIpc) is 2.94. The highest BCUT2D eigenvalue weighted by molar-refractivity contribution is 9.10. The van der Waals surface area contributed by atoms with Crippen LogP contribution in [0.5, 0.6) is 0 Å². The van der Waals surface area contributed by atoms with Gasteiger partial charge in [0, 0.05) is 27.1 Å². The Balaban J connectivity index is 1.83. The zero-order valence-corrected chi connectivity index (χ0v) is 15.7. The van der Waals surface area contributed by atoms with Gasteiger partial charge in [0.1, 0.15) is 0 Å². The molecule has 2 aliphatic rings. The highest BCUT2D eigenvalue weighted by Gasteiger charge is 2.57. The van der Waals surface area contributed by atoms with E-state index in [-0.39, 0.29) is 11.8 Å². The standard InChI is InChI=1S/C21H14BrN3O2/c22-13-10-11-18-16(12-13)21(20(27)23-18)24-17-9-5-4-8-15(17)19(26)25(21)14-6-2-1-3-7-14/h1-12,24H,(H,23,27)/t21-/m0/s1. The maximum Gasteiger partial charge on any atom is 0.276 e. The van der Waals surface area contributed by atoms with Crippen molar-refractivity contribution in [2.45, 2.75) is 5.66 Å². The molecule has 2 amide bonds. The summed E-state index contributed by atoms with van der Waals surface area (Å²) in [4.78, 5) is 28.3. The summed E-state index contributed by atoms with van der Waals surface area (Å²) in [7, 11) is 0. The number of hydrogen-bond acceptors (Lipinski definition) is 3. The maximum absolute atomic E-state index is 13.5. The topological polar surface area (TPSA) is 61.4 Å². The van der Waals surface area contributed by atoms with E-state index in [1.54, 1.807) is 11.0 Å². The number of amides is 2. The molecule has 1 spiro atoms. The maximum atomic E-state index is 13.5. The van der Waals surface area contributed by atoms with Crippen LogP contribution in [0.2, 0.25) is 0 Å². The van der Waals surface area contributed by atoms with E-state index in [1.165, 1.54) is 0 Å². The lowest BCUT2D eigenvalue weighted by molar-refractivity contribution is -0.119. The smallest absolute Gasteiger partial charge is 0.276 e. The van der Waals surface area contributed by atoms with Gasteiger partial charge < -0.3 is 10.6 Å². The number of rotatable bonds is 1. The Labute approximate surface area is 164 Å². The fraction of sp³-hybridized carbons (Fsp3) is 0.0476. The molecule has 6 heteroatoms. The third-order valence-corrected chi connectivity index (χ3v) is 5.47. The Kier molecular flexibility index (Phi) is 3.39. The first-order valence-corrected chi connectivity index (χ1v) is 9.29. The number of halogens is 1. The molecule has 2 heterocycles. The molecule has 0 bridgehead atoms. The van der Waals surface area contributed by atoms with Crippen LogP contribution in [0.15, 0.2) is 77.3 Å². The van der Waals surface area contributed by atoms with Crippen LogP contribution in [0.1, 0.15) is 15.9 Å². The van der Waals surface area contributed by atoms with Gasteiger partial charge in [-0.2, -0.15) is 0 Å². The molecule has 2 N–H and O–H groups in total. The van der Waals surface area contributed by atoms with Crippen molar-refractivity contribution in [2.24, 2.45) is 0 Å². The van der Waals surface area contributed by atoms with Gasteiger partial charge in [-0.05, 0) is 42.5 Å². The largest absolute Gasteiger partial charge is 0.350 e. The van der Waals surface area contributed by atoms with E-state index < -0.39 is 5.66 Å². The van der Waals surface area contributed by atoms with Crippen molar-refractivity contribution in [1.82, 2.24) is 0 Å². The fourth-order valence-corrected chi connectivity index (χ4v) is 4.16. The molecule has 27 heavy (non-hydrogen) atoms. The van der Waals surface area contributed by atoms with Crippen LogP contribution >= 0.6 is 15.9 Å². The molecule has 5 nitrogen and oxygen atoms in total. The fourth-order valence-electron chi connectivity index (χ4n) is 3.80. The molecular formula is C21H14BrN3O2. The molecule has 132 valence electrons. The highest BCUT2D eigenvalue weighted by atomic mass is 79.9. The Bertz CT molecular complexity index is 1100.